The van der Waals surface area contributed by atoms with Gasteiger partial charge < -0.3 is 4.74 Å². The lowest BCUT2D eigenvalue weighted by atomic mass is 10.2. The van der Waals surface area contributed by atoms with Crippen molar-refractivity contribution in [3.05, 3.63) is 0 Å². The van der Waals surface area contributed by atoms with Crippen LogP contribution in [-0.4, -0.2) is 36.1 Å². The van der Waals surface area contributed by atoms with Gasteiger partial charge in [0.1, 0.15) is 6.04 Å². The molecule has 1 fully saturated rings. The van der Waals surface area contributed by atoms with E-state index in [4.69, 9.17) is 0 Å². The summed E-state index contributed by atoms with van der Waals surface area (Å²) in [6.07, 6.45) is 0.185. The zero-order valence-electron chi connectivity index (χ0n) is 8.03. The Morgan fingerprint density at radius 2 is 2.31 bits per heavy atom. The lowest BCUT2D eigenvalue weighted by molar-refractivity contribution is -0.147. The van der Waals surface area contributed by atoms with E-state index in [1.54, 1.807) is 5.01 Å². The third kappa shape index (κ3) is 1.98. The summed E-state index contributed by atoms with van der Waals surface area (Å²) in [5, 5.41) is 1.62. The lowest BCUT2D eigenvalue weighted by Gasteiger charge is -2.24. The first-order chi connectivity index (χ1) is 6.06. The number of nitrogens with zero attached hydrogens (tertiary/aromatic N) is 1. The van der Waals surface area contributed by atoms with E-state index in [1.165, 1.54) is 7.11 Å². The average Bonchev–Trinajstić information content (AvgIpc) is 2.46. The van der Waals surface area contributed by atoms with E-state index >= 15 is 0 Å². The van der Waals surface area contributed by atoms with E-state index in [-0.39, 0.29) is 24.3 Å². The summed E-state index contributed by atoms with van der Waals surface area (Å²) < 4.78 is 4.59. The summed E-state index contributed by atoms with van der Waals surface area (Å²) >= 11 is 0. The fourth-order valence-corrected chi connectivity index (χ4v) is 1.36. The predicted molar refractivity (Wildman–Crippen MR) is 45.5 cm³/mol. The number of ether oxygens (including phenoxy) is 1. The fraction of sp³-hybridized carbons (Fsp3) is 0.750. The molecule has 5 heteroatoms. The topological polar surface area (TPSA) is 58.6 Å². The van der Waals surface area contributed by atoms with Gasteiger partial charge in [-0.25, -0.2) is 5.01 Å². The molecule has 0 spiro atoms. The van der Waals surface area contributed by atoms with Crippen LogP contribution in [0.1, 0.15) is 20.3 Å². The van der Waals surface area contributed by atoms with Gasteiger partial charge in [0, 0.05) is 6.04 Å². The van der Waals surface area contributed by atoms with Gasteiger partial charge in [0.2, 0.25) is 5.91 Å². The molecule has 0 radical (unpaired) electrons. The van der Waals surface area contributed by atoms with Crippen LogP contribution in [-0.2, 0) is 14.3 Å². The molecule has 1 aliphatic heterocycles. The summed E-state index contributed by atoms with van der Waals surface area (Å²) in [5.41, 5.74) is 2.61. The second kappa shape index (κ2) is 3.74. The van der Waals surface area contributed by atoms with Crippen LogP contribution in [0.4, 0.5) is 0 Å². The van der Waals surface area contributed by atoms with Crippen LogP contribution in [0.25, 0.3) is 0 Å². The monoisotopic (exact) mass is 186 g/mol. The molecule has 1 amide bonds. The maximum Gasteiger partial charge on any atom is 0.325 e. The van der Waals surface area contributed by atoms with Crippen molar-refractivity contribution in [3.63, 3.8) is 0 Å². The smallest absolute Gasteiger partial charge is 0.325 e. The van der Waals surface area contributed by atoms with Crippen LogP contribution in [0.3, 0.4) is 0 Å². The molecule has 74 valence electrons. The van der Waals surface area contributed by atoms with Gasteiger partial charge in [0.05, 0.1) is 13.5 Å². The van der Waals surface area contributed by atoms with Gasteiger partial charge in [-0.3, -0.25) is 15.0 Å². The number of amides is 1. The molecule has 1 atom stereocenters. The molecular formula is C8H14N2O3. The Morgan fingerprint density at radius 1 is 1.69 bits per heavy atom. The van der Waals surface area contributed by atoms with Crippen molar-refractivity contribution < 1.29 is 14.3 Å². The maximum absolute atomic E-state index is 11.2. The lowest BCUT2D eigenvalue weighted by Crippen LogP contribution is -2.46. The molecule has 1 saturated heterocycles. The Hall–Kier alpha value is -1.10. The van der Waals surface area contributed by atoms with Crippen LogP contribution < -0.4 is 5.43 Å². The highest BCUT2D eigenvalue weighted by atomic mass is 16.5. The highest BCUT2D eigenvalue weighted by Crippen LogP contribution is 2.14. The molecule has 1 aliphatic rings. The number of esters is 1. The molecule has 0 aromatic heterocycles. The van der Waals surface area contributed by atoms with E-state index in [0.717, 1.165) is 0 Å². The van der Waals surface area contributed by atoms with Crippen molar-refractivity contribution in [1.82, 2.24) is 10.4 Å². The molecule has 0 bridgehead atoms. The van der Waals surface area contributed by atoms with Crippen LogP contribution in [0.15, 0.2) is 0 Å². The first kappa shape index (κ1) is 9.98. The fourth-order valence-electron chi connectivity index (χ4n) is 1.36. The Bertz CT molecular complexity index is 227. The zero-order chi connectivity index (χ0) is 10.0. The highest BCUT2D eigenvalue weighted by molar-refractivity contribution is 5.88. The molecule has 1 heterocycles. The van der Waals surface area contributed by atoms with E-state index in [2.05, 4.69) is 10.2 Å². The first-order valence-electron chi connectivity index (χ1n) is 4.22. The SMILES string of the molecule is COC(=O)C1CC(=O)NN1C(C)C. The minimum Gasteiger partial charge on any atom is -0.468 e. The minimum atomic E-state index is -0.475. The Morgan fingerprint density at radius 3 is 2.77 bits per heavy atom. The second-order valence-electron chi connectivity index (χ2n) is 3.28. The summed E-state index contributed by atoms with van der Waals surface area (Å²) in [6.45, 7) is 3.81. The second-order valence-corrected chi connectivity index (χ2v) is 3.28. The van der Waals surface area contributed by atoms with Gasteiger partial charge in [0.25, 0.3) is 0 Å². The normalized spacial score (nSPS) is 23.4. The van der Waals surface area contributed by atoms with Crippen molar-refractivity contribution in [2.24, 2.45) is 0 Å². The average molecular weight is 186 g/mol. The number of carbonyl (C=O) groups is 2. The van der Waals surface area contributed by atoms with Crippen molar-refractivity contribution in [2.75, 3.05) is 7.11 Å². The van der Waals surface area contributed by atoms with Crippen LogP contribution in [0, 0.1) is 0 Å². The Kier molecular flexibility index (Phi) is 2.87. The van der Waals surface area contributed by atoms with Crippen molar-refractivity contribution in [1.29, 1.82) is 0 Å². The minimum absolute atomic E-state index is 0.0931. The van der Waals surface area contributed by atoms with Gasteiger partial charge in [-0.1, -0.05) is 0 Å². The number of hydrogen-bond donors (Lipinski definition) is 1. The molecular weight excluding hydrogens is 172 g/mol. The Labute approximate surface area is 77.0 Å². The number of hydrogen-bond acceptors (Lipinski definition) is 4. The Balaban J connectivity index is 2.71. The van der Waals surface area contributed by atoms with Gasteiger partial charge >= 0.3 is 5.97 Å². The summed E-state index contributed by atoms with van der Waals surface area (Å²) in [4.78, 5) is 22.2. The van der Waals surface area contributed by atoms with Crippen LogP contribution in [0.5, 0.6) is 0 Å². The number of methoxy groups -OCH3 is 1. The molecule has 0 aromatic rings. The van der Waals surface area contributed by atoms with Crippen molar-refractivity contribution in [2.45, 2.75) is 32.4 Å². The van der Waals surface area contributed by atoms with E-state index in [0.29, 0.717) is 0 Å². The summed E-state index contributed by atoms with van der Waals surface area (Å²) in [6, 6.07) is -0.381. The van der Waals surface area contributed by atoms with Crippen LogP contribution >= 0.6 is 0 Å². The van der Waals surface area contributed by atoms with Gasteiger partial charge in [-0.15, -0.1) is 0 Å². The van der Waals surface area contributed by atoms with E-state index in [9.17, 15) is 9.59 Å². The molecule has 1 rings (SSSR count). The summed E-state index contributed by atoms with van der Waals surface area (Å²) in [7, 11) is 1.32. The standard InChI is InChI=1S/C8H14N2O3/c1-5(2)10-6(8(12)13-3)4-7(11)9-10/h5-6H,4H2,1-3H3,(H,9,11). The number of nitrogens with one attached hydrogen (secondary N) is 1. The molecule has 0 aromatic carbocycles. The molecule has 13 heavy (non-hydrogen) atoms. The summed E-state index contributed by atoms with van der Waals surface area (Å²) in [5.74, 6) is -0.504. The maximum atomic E-state index is 11.2. The molecule has 5 nitrogen and oxygen atoms in total. The largest absolute Gasteiger partial charge is 0.468 e. The third-order valence-electron chi connectivity index (χ3n) is 2.00. The van der Waals surface area contributed by atoms with Gasteiger partial charge in [-0.05, 0) is 13.8 Å². The van der Waals surface area contributed by atoms with Crippen molar-refractivity contribution in [3.8, 4) is 0 Å². The number of rotatable bonds is 2. The molecule has 0 aliphatic carbocycles. The van der Waals surface area contributed by atoms with Gasteiger partial charge in [0.15, 0.2) is 0 Å². The van der Waals surface area contributed by atoms with Gasteiger partial charge in [-0.2, -0.15) is 0 Å². The predicted octanol–water partition coefficient (Wildman–Crippen LogP) is -0.327. The van der Waals surface area contributed by atoms with Crippen LogP contribution in [0.2, 0.25) is 0 Å². The highest BCUT2D eigenvalue weighted by Gasteiger charge is 2.37. The van der Waals surface area contributed by atoms with E-state index < -0.39 is 6.04 Å². The molecule has 1 N–H and O–H groups in total. The number of carbonyl (C=O) groups excluding carboxylic acids is 2. The molecule has 1 unspecified atom stereocenters. The number of hydrazine groups is 1. The zero-order valence-corrected chi connectivity index (χ0v) is 8.03. The van der Waals surface area contributed by atoms with Crippen molar-refractivity contribution >= 4 is 11.9 Å². The first-order valence-corrected chi connectivity index (χ1v) is 4.22. The quantitative estimate of drug-likeness (QED) is 0.600. The van der Waals surface area contributed by atoms with E-state index in [1.807, 2.05) is 13.8 Å². The molecule has 0 saturated carbocycles. The third-order valence-corrected chi connectivity index (χ3v) is 2.00.